The van der Waals surface area contributed by atoms with Crippen molar-refractivity contribution in [3.05, 3.63) is 48.0 Å². The van der Waals surface area contributed by atoms with Crippen molar-refractivity contribution in [2.75, 3.05) is 42.1 Å². The molecule has 0 saturated carbocycles. The highest BCUT2D eigenvalue weighted by molar-refractivity contribution is 7.92. The molecule has 204 valence electrons. The van der Waals surface area contributed by atoms with Gasteiger partial charge in [-0.3, -0.25) is 4.72 Å². The number of aliphatic hydroxyl groups is 1. The standard InChI is InChI=1S/C26H37N3O7S/c1-26(2,3)36-25(32)18-5-7-20(8-6-18)29-13-11-19(12-14-29)27-16-21(30)17-35-22-9-10-24(31)23(15-22)28-37(4,33)34/h5-10,15,19,21,27-28,30-31H,11-14,16-17H2,1-4H3. The van der Waals surface area contributed by atoms with Crippen LogP contribution >= 0.6 is 0 Å². The quantitative estimate of drug-likeness (QED) is 0.267. The molecule has 0 bridgehead atoms. The molecule has 3 rings (SSSR count). The van der Waals surface area contributed by atoms with Crippen LogP contribution in [0.15, 0.2) is 42.5 Å². The highest BCUT2D eigenvalue weighted by Gasteiger charge is 2.21. The number of phenolic OH excluding ortho intramolecular Hbond substituents is 1. The average molecular weight is 536 g/mol. The number of hydrogen-bond acceptors (Lipinski definition) is 9. The van der Waals surface area contributed by atoms with Crippen LogP contribution in [0.1, 0.15) is 44.0 Å². The van der Waals surface area contributed by atoms with E-state index >= 15 is 0 Å². The molecule has 37 heavy (non-hydrogen) atoms. The Morgan fingerprint density at radius 2 is 1.78 bits per heavy atom. The second kappa shape index (κ2) is 12.0. The Bertz CT molecular complexity index is 1160. The Morgan fingerprint density at radius 3 is 2.38 bits per heavy atom. The molecule has 0 radical (unpaired) electrons. The molecule has 1 atom stereocenters. The summed E-state index contributed by atoms with van der Waals surface area (Å²) in [5, 5.41) is 23.5. The Balaban J connectivity index is 1.40. The van der Waals surface area contributed by atoms with Crippen molar-refractivity contribution < 1.29 is 32.9 Å². The lowest BCUT2D eigenvalue weighted by Gasteiger charge is -2.34. The smallest absolute Gasteiger partial charge is 0.338 e. The minimum atomic E-state index is -3.55. The average Bonchev–Trinajstić information content (AvgIpc) is 2.82. The van der Waals surface area contributed by atoms with E-state index in [0.29, 0.717) is 17.9 Å². The number of esters is 1. The highest BCUT2D eigenvalue weighted by atomic mass is 32.2. The first-order valence-corrected chi connectivity index (χ1v) is 14.1. The molecule has 0 spiro atoms. The zero-order valence-corrected chi connectivity index (χ0v) is 22.5. The number of aromatic hydroxyl groups is 1. The van der Waals surface area contributed by atoms with E-state index in [1.165, 1.54) is 18.2 Å². The third kappa shape index (κ3) is 9.42. The first kappa shape index (κ1) is 28.5. The molecule has 1 heterocycles. The SMILES string of the molecule is CC(C)(C)OC(=O)c1ccc(N2CCC(NCC(O)COc3ccc(O)c(NS(C)(=O)=O)c3)CC2)cc1. The summed E-state index contributed by atoms with van der Waals surface area (Å²) in [5.74, 6) is -0.222. The number of sulfonamides is 1. The van der Waals surface area contributed by atoms with Crippen LogP contribution in [0, 0.1) is 0 Å². The molecule has 1 saturated heterocycles. The van der Waals surface area contributed by atoms with Crippen LogP contribution in [-0.4, -0.2) is 74.8 Å². The summed E-state index contributed by atoms with van der Waals surface area (Å²) in [6.07, 6.45) is 2.03. The van der Waals surface area contributed by atoms with Crippen LogP contribution in [0.25, 0.3) is 0 Å². The van der Waals surface area contributed by atoms with E-state index in [9.17, 15) is 23.4 Å². The highest BCUT2D eigenvalue weighted by Crippen LogP contribution is 2.29. The fraction of sp³-hybridized carbons (Fsp3) is 0.500. The predicted octanol–water partition coefficient (Wildman–Crippen LogP) is 2.72. The zero-order chi connectivity index (χ0) is 27.2. The number of hydrogen-bond donors (Lipinski definition) is 4. The minimum absolute atomic E-state index is 0.0128. The maximum absolute atomic E-state index is 12.2. The van der Waals surface area contributed by atoms with Crippen LogP contribution in [0.2, 0.25) is 0 Å². The summed E-state index contributed by atoms with van der Waals surface area (Å²) < 4.78 is 36.0. The topological polar surface area (TPSA) is 137 Å². The van der Waals surface area contributed by atoms with Crippen molar-refractivity contribution in [3.8, 4) is 11.5 Å². The fourth-order valence-corrected chi connectivity index (χ4v) is 4.49. The van der Waals surface area contributed by atoms with Gasteiger partial charge in [0.15, 0.2) is 0 Å². The summed E-state index contributed by atoms with van der Waals surface area (Å²) in [5.41, 5.74) is 1.06. The third-order valence-corrected chi connectivity index (χ3v) is 6.30. The van der Waals surface area contributed by atoms with Gasteiger partial charge in [-0.2, -0.15) is 0 Å². The van der Waals surface area contributed by atoms with Gasteiger partial charge in [0.05, 0.1) is 17.5 Å². The van der Waals surface area contributed by atoms with Gasteiger partial charge in [-0.25, -0.2) is 13.2 Å². The van der Waals surface area contributed by atoms with E-state index in [1.807, 2.05) is 32.9 Å². The van der Waals surface area contributed by atoms with Gasteiger partial charge < -0.3 is 29.9 Å². The van der Waals surface area contributed by atoms with Gasteiger partial charge >= 0.3 is 5.97 Å². The van der Waals surface area contributed by atoms with Crippen LogP contribution < -0.4 is 19.7 Å². The number of carbonyl (C=O) groups excluding carboxylic acids is 1. The molecule has 1 aliphatic rings. The normalized spacial score (nSPS) is 15.8. The molecule has 1 fully saturated rings. The van der Waals surface area contributed by atoms with Crippen molar-refractivity contribution in [2.24, 2.45) is 0 Å². The van der Waals surface area contributed by atoms with Crippen molar-refractivity contribution in [1.82, 2.24) is 5.32 Å². The lowest BCUT2D eigenvalue weighted by Crippen LogP contribution is -2.45. The van der Waals surface area contributed by atoms with Crippen LogP contribution in [0.5, 0.6) is 11.5 Å². The number of benzene rings is 2. The number of rotatable bonds is 10. The lowest BCUT2D eigenvalue weighted by molar-refractivity contribution is 0.00695. The number of aliphatic hydroxyl groups excluding tert-OH is 1. The molecule has 2 aromatic rings. The number of ether oxygens (including phenoxy) is 2. The van der Waals surface area contributed by atoms with Crippen LogP contribution in [0.3, 0.4) is 0 Å². The first-order chi connectivity index (χ1) is 17.3. The fourth-order valence-electron chi connectivity index (χ4n) is 3.93. The Kier molecular flexibility index (Phi) is 9.27. The van der Waals surface area contributed by atoms with Crippen molar-refractivity contribution >= 4 is 27.4 Å². The third-order valence-electron chi connectivity index (χ3n) is 5.71. The number of nitrogens with one attached hydrogen (secondary N) is 2. The van der Waals surface area contributed by atoms with E-state index in [0.717, 1.165) is 37.9 Å². The van der Waals surface area contributed by atoms with E-state index in [-0.39, 0.29) is 30.1 Å². The number of phenols is 1. The van der Waals surface area contributed by atoms with E-state index in [4.69, 9.17) is 9.47 Å². The van der Waals surface area contributed by atoms with Crippen molar-refractivity contribution in [2.45, 2.75) is 51.4 Å². The van der Waals surface area contributed by atoms with E-state index in [2.05, 4.69) is 14.9 Å². The summed E-state index contributed by atoms with van der Waals surface area (Å²) in [7, 11) is -3.55. The molecule has 1 aliphatic heterocycles. The molecule has 0 aliphatic carbocycles. The van der Waals surface area contributed by atoms with Gasteiger partial charge in [0, 0.05) is 37.4 Å². The van der Waals surface area contributed by atoms with Crippen LogP contribution in [-0.2, 0) is 14.8 Å². The number of anilines is 2. The second-order valence-corrected chi connectivity index (χ2v) is 12.0. The Morgan fingerprint density at radius 1 is 1.14 bits per heavy atom. The monoisotopic (exact) mass is 535 g/mol. The van der Waals surface area contributed by atoms with Gasteiger partial charge in [-0.1, -0.05) is 0 Å². The summed E-state index contributed by atoms with van der Waals surface area (Å²) in [6, 6.07) is 11.9. The molecule has 10 nitrogen and oxygen atoms in total. The van der Waals surface area contributed by atoms with Gasteiger partial charge in [0.1, 0.15) is 29.8 Å². The lowest BCUT2D eigenvalue weighted by atomic mass is 10.0. The largest absolute Gasteiger partial charge is 0.506 e. The molecule has 11 heteroatoms. The van der Waals surface area contributed by atoms with Crippen molar-refractivity contribution in [1.29, 1.82) is 0 Å². The van der Waals surface area contributed by atoms with Crippen molar-refractivity contribution in [3.63, 3.8) is 0 Å². The molecule has 1 unspecified atom stereocenters. The van der Waals surface area contributed by atoms with E-state index < -0.39 is 21.7 Å². The Hall–Kier alpha value is -3.02. The van der Waals surface area contributed by atoms with E-state index in [1.54, 1.807) is 12.1 Å². The number of piperidine rings is 1. The molecule has 4 N–H and O–H groups in total. The number of carbonyl (C=O) groups is 1. The van der Waals surface area contributed by atoms with Gasteiger partial charge in [0.25, 0.3) is 0 Å². The van der Waals surface area contributed by atoms with Gasteiger partial charge in [-0.15, -0.1) is 0 Å². The maximum Gasteiger partial charge on any atom is 0.338 e. The van der Waals surface area contributed by atoms with Gasteiger partial charge in [0.2, 0.25) is 10.0 Å². The zero-order valence-electron chi connectivity index (χ0n) is 21.7. The first-order valence-electron chi connectivity index (χ1n) is 12.2. The Labute approximate surface area is 218 Å². The second-order valence-electron chi connectivity index (χ2n) is 10.2. The molecular formula is C26H37N3O7S. The number of nitrogens with zero attached hydrogens (tertiary/aromatic N) is 1. The van der Waals surface area contributed by atoms with Crippen LogP contribution in [0.4, 0.5) is 11.4 Å². The molecule has 0 amide bonds. The summed E-state index contributed by atoms with van der Waals surface area (Å²) >= 11 is 0. The predicted molar refractivity (Wildman–Crippen MR) is 143 cm³/mol. The molecular weight excluding hydrogens is 498 g/mol. The maximum atomic E-state index is 12.2. The molecule has 0 aromatic heterocycles. The van der Waals surface area contributed by atoms with Gasteiger partial charge in [-0.05, 0) is 70.0 Å². The summed E-state index contributed by atoms with van der Waals surface area (Å²) in [6.45, 7) is 7.59. The summed E-state index contributed by atoms with van der Waals surface area (Å²) in [4.78, 5) is 14.5. The molecule has 2 aromatic carbocycles. The minimum Gasteiger partial charge on any atom is -0.506 e.